The van der Waals surface area contributed by atoms with Gasteiger partial charge in [-0.25, -0.2) is 9.37 Å². The maximum atomic E-state index is 13.1. The van der Waals surface area contributed by atoms with Crippen LogP contribution in [0.3, 0.4) is 0 Å². The van der Waals surface area contributed by atoms with Gasteiger partial charge in [0.2, 0.25) is 17.7 Å². The number of hydrogen-bond donors (Lipinski definition) is 0. The van der Waals surface area contributed by atoms with E-state index >= 15 is 0 Å². The first-order chi connectivity index (χ1) is 13.7. The molecule has 0 aliphatic carbocycles. The van der Waals surface area contributed by atoms with Crippen molar-refractivity contribution in [2.45, 2.75) is 18.8 Å². The Morgan fingerprint density at radius 1 is 1.18 bits per heavy atom. The summed E-state index contributed by atoms with van der Waals surface area (Å²) >= 11 is 0. The summed E-state index contributed by atoms with van der Waals surface area (Å²) < 4.78 is 24.0. The third kappa shape index (κ3) is 3.58. The molecule has 0 radical (unpaired) electrons. The number of amides is 1. The maximum absolute atomic E-state index is 13.1. The number of piperidine rings is 1. The molecule has 0 saturated carbocycles. The molecular weight excluding hydrogens is 363 g/mol. The fourth-order valence-electron chi connectivity index (χ4n) is 3.32. The van der Waals surface area contributed by atoms with Crippen LogP contribution in [0.25, 0.3) is 11.5 Å². The Bertz CT molecular complexity index is 966. The van der Waals surface area contributed by atoms with Crippen LogP contribution in [0.1, 0.15) is 35.0 Å². The average molecular weight is 382 g/mol. The zero-order valence-electron chi connectivity index (χ0n) is 15.3. The van der Waals surface area contributed by atoms with Gasteiger partial charge in [0.1, 0.15) is 11.4 Å². The highest BCUT2D eigenvalue weighted by molar-refractivity contribution is 5.96. The normalized spacial score (nSPS) is 14.9. The molecule has 8 heteroatoms. The van der Waals surface area contributed by atoms with Crippen LogP contribution in [0, 0.1) is 5.82 Å². The Hall–Kier alpha value is -3.29. The molecule has 0 unspecified atom stereocenters. The van der Waals surface area contributed by atoms with Gasteiger partial charge in [-0.05, 0) is 49.2 Å². The Kier molecular flexibility index (Phi) is 5.01. The Morgan fingerprint density at radius 3 is 2.64 bits per heavy atom. The van der Waals surface area contributed by atoms with E-state index in [1.807, 2.05) is 0 Å². The summed E-state index contributed by atoms with van der Waals surface area (Å²) in [6.07, 6.45) is 3.04. The van der Waals surface area contributed by atoms with E-state index in [1.165, 1.54) is 19.2 Å². The van der Waals surface area contributed by atoms with E-state index in [0.29, 0.717) is 41.9 Å². The van der Waals surface area contributed by atoms with Gasteiger partial charge in [0, 0.05) is 30.8 Å². The van der Waals surface area contributed by atoms with E-state index in [4.69, 9.17) is 9.15 Å². The molecule has 4 rings (SSSR count). The summed E-state index contributed by atoms with van der Waals surface area (Å²) in [7, 11) is 1.50. The fraction of sp³-hybridized carbons (Fsp3) is 0.300. The van der Waals surface area contributed by atoms with Crippen LogP contribution in [-0.2, 0) is 0 Å². The van der Waals surface area contributed by atoms with Gasteiger partial charge >= 0.3 is 0 Å². The zero-order chi connectivity index (χ0) is 19.5. The Labute approximate surface area is 161 Å². The number of aromatic nitrogens is 3. The standard InChI is InChI=1S/C20H19FN4O3/c1-27-19-16(3-2-10-22-19)20(26)25-11-8-14(9-12-25)18-24-23-17(28-18)13-4-6-15(21)7-5-13/h2-7,10,14H,8-9,11-12H2,1H3. The molecule has 1 saturated heterocycles. The topological polar surface area (TPSA) is 81.4 Å². The van der Waals surface area contributed by atoms with Gasteiger partial charge in [-0.2, -0.15) is 0 Å². The SMILES string of the molecule is COc1ncccc1C(=O)N1CCC(c2nnc(-c3ccc(F)cc3)o2)CC1. The maximum Gasteiger partial charge on any atom is 0.259 e. The van der Waals surface area contributed by atoms with Crippen molar-refractivity contribution in [3.05, 3.63) is 59.9 Å². The van der Waals surface area contributed by atoms with Gasteiger partial charge in [-0.15, -0.1) is 10.2 Å². The molecule has 144 valence electrons. The molecule has 28 heavy (non-hydrogen) atoms. The average Bonchev–Trinajstić information content (AvgIpc) is 3.24. The van der Waals surface area contributed by atoms with Crippen LogP contribution in [0.2, 0.25) is 0 Å². The summed E-state index contributed by atoms with van der Waals surface area (Å²) in [4.78, 5) is 18.6. The van der Waals surface area contributed by atoms with Crippen molar-refractivity contribution < 1.29 is 18.3 Å². The number of benzene rings is 1. The largest absolute Gasteiger partial charge is 0.480 e. The first-order valence-electron chi connectivity index (χ1n) is 9.03. The third-order valence-electron chi connectivity index (χ3n) is 4.86. The number of rotatable bonds is 4. The molecule has 1 aliphatic rings. The lowest BCUT2D eigenvalue weighted by Crippen LogP contribution is -2.38. The van der Waals surface area contributed by atoms with Crippen molar-refractivity contribution in [1.29, 1.82) is 0 Å². The van der Waals surface area contributed by atoms with Gasteiger partial charge in [0.05, 0.1) is 7.11 Å². The number of hydrogen-bond acceptors (Lipinski definition) is 6. The Morgan fingerprint density at radius 2 is 1.93 bits per heavy atom. The van der Waals surface area contributed by atoms with Crippen LogP contribution in [0.4, 0.5) is 4.39 Å². The zero-order valence-corrected chi connectivity index (χ0v) is 15.3. The first kappa shape index (κ1) is 18.1. The van der Waals surface area contributed by atoms with E-state index in [1.54, 1.807) is 35.4 Å². The predicted octanol–water partition coefficient (Wildman–Crippen LogP) is 3.30. The van der Waals surface area contributed by atoms with Crippen molar-refractivity contribution >= 4 is 5.91 Å². The van der Waals surface area contributed by atoms with Crippen LogP contribution in [-0.4, -0.2) is 46.2 Å². The Balaban J connectivity index is 1.42. The number of carbonyl (C=O) groups excluding carboxylic acids is 1. The van der Waals surface area contributed by atoms with E-state index < -0.39 is 0 Å². The van der Waals surface area contributed by atoms with Crippen molar-refractivity contribution in [2.24, 2.45) is 0 Å². The molecule has 0 bridgehead atoms. The summed E-state index contributed by atoms with van der Waals surface area (Å²) in [6, 6.07) is 9.36. The van der Waals surface area contributed by atoms with Crippen LogP contribution in [0.5, 0.6) is 5.88 Å². The summed E-state index contributed by atoms with van der Waals surface area (Å²) in [6.45, 7) is 1.16. The lowest BCUT2D eigenvalue weighted by Gasteiger charge is -2.30. The molecule has 1 aromatic carbocycles. The molecule has 0 spiro atoms. The van der Waals surface area contributed by atoms with Crippen molar-refractivity contribution in [3.8, 4) is 17.3 Å². The molecule has 1 aliphatic heterocycles. The molecular formula is C20H19FN4O3. The minimum atomic E-state index is -0.314. The number of ether oxygens (including phenoxy) is 1. The van der Waals surface area contributed by atoms with Crippen LogP contribution < -0.4 is 4.74 Å². The second-order valence-electron chi connectivity index (χ2n) is 6.58. The minimum Gasteiger partial charge on any atom is -0.480 e. The highest BCUT2D eigenvalue weighted by Gasteiger charge is 2.29. The number of halogens is 1. The van der Waals surface area contributed by atoms with Gasteiger partial charge < -0.3 is 14.1 Å². The first-order valence-corrected chi connectivity index (χ1v) is 9.03. The van der Waals surface area contributed by atoms with E-state index in [2.05, 4.69) is 15.2 Å². The smallest absolute Gasteiger partial charge is 0.259 e. The molecule has 2 aromatic heterocycles. The molecule has 0 N–H and O–H groups in total. The number of methoxy groups -OCH3 is 1. The van der Waals surface area contributed by atoms with Crippen molar-refractivity contribution in [3.63, 3.8) is 0 Å². The summed E-state index contributed by atoms with van der Waals surface area (Å²) in [5.41, 5.74) is 1.14. The second kappa shape index (κ2) is 7.75. The van der Waals surface area contributed by atoms with Crippen LogP contribution >= 0.6 is 0 Å². The summed E-state index contributed by atoms with van der Waals surface area (Å²) in [5.74, 6) is 0.919. The van der Waals surface area contributed by atoms with Crippen molar-refractivity contribution in [1.82, 2.24) is 20.1 Å². The molecule has 3 aromatic rings. The second-order valence-corrected chi connectivity index (χ2v) is 6.58. The number of likely N-dealkylation sites (tertiary alicyclic amines) is 1. The minimum absolute atomic E-state index is 0.0848. The van der Waals surface area contributed by atoms with Gasteiger partial charge in [-0.3, -0.25) is 4.79 Å². The lowest BCUT2D eigenvalue weighted by atomic mass is 9.96. The number of pyridine rings is 1. The quantitative estimate of drug-likeness (QED) is 0.689. The highest BCUT2D eigenvalue weighted by Crippen LogP contribution is 2.30. The van der Waals surface area contributed by atoms with E-state index in [0.717, 1.165) is 12.8 Å². The summed E-state index contributed by atoms with van der Waals surface area (Å²) in [5, 5.41) is 8.22. The van der Waals surface area contributed by atoms with Gasteiger partial charge in [0.15, 0.2) is 0 Å². The van der Waals surface area contributed by atoms with E-state index in [9.17, 15) is 9.18 Å². The monoisotopic (exact) mass is 382 g/mol. The molecule has 1 fully saturated rings. The number of carbonyl (C=O) groups is 1. The lowest BCUT2D eigenvalue weighted by molar-refractivity contribution is 0.0702. The van der Waals surface area contributed by atoms with Gasteiger partial charge in [0.25, 0.3) is 5.91 Å². The predicted molar refractivity (Wildman–Crippen MR) is 98.4 cm³/mol. The molecule has 7 nitrogen and oxygen atoms in total. The molecule has 1 amide bonds. The third-order valence-corrected chi connectivity index (χ3v) is 4.86. The van der Waals surface area contributed by atoms with Crippen molar-refractivity contribution in [2.75, 3.05) is 20.2 Å². The van der Waals surface area contributed by atoms with Gasteiger partial charge in [-0.1, -0.05) is 0 Å². The molecule has 3 heterocycles. The van der Waals surface area contributed by atoms with Crippen LogP contribution in [0.15, 0.2) is 47.0 Å². The fourth-order valence-corrected chi connectivity index (χ4v) is 3.32. The highest BCUT2D eigenvalue weighted by atomic mass is 19.1. The number of nitrogens with zero attached hydrogens (tertiary/aromatic N) is 4. The van der Waals surface area contributed by atoms with E-state index in [-0.39, 0.29) is 17.6 Å². The molecule has 0 atom stereocenters.